The molecule has 4 N–H and O–H groups in total. The van der Waals surface area contributed by atoms with Crippen molar-refractivity contribution in [2.75, 3.05) is 11.5 Å². The predicted octanol–water partition coefficient (Wildman–Crippen LogP) is 1.20. The number of nitrogen functional groups attached to an aromatic ring is 1. The number of thioether (sulfide) groups is 1. The number of primary amides is 1. The number of anilines is 1. The molecule has 1 amide bonds. The van der Waals surface area contributed by atoms with Gasteiger partial charge in [-0.1, -0.05) is 11.8 Å². The molecule has 19 heavy (non-hydrogen) atoms. The molecule has 0 aliphatic heterocycles. The van der Waals surface area contributed by atoms with E-state index in [2.05, 4.69) is 4.98 Å². The van der Waals surface area contributed by atoms with Crippen molar-refractivity contribution in [1.29, 1.82) is 0 Å². The standard InChI is InChI=1S/C12H17N3O3S/c1-12(2,3)18-9(16)6-19-11-7(13)4-5-8(15-11)10(14)17/h4-5H,6,13H2,1-3H3,(H2,14,17). The van der Waals surface area contributed by atoms with Crippen LogP contribution in [0.5, 0.6) is 0 Å². The molecule has 104 valence electrons. The highest BCUT2D eigenvalue weighted by molar-refractivity contribution is 8.00. The predicted molar refractivity (Wildman–Crippen MR) is 73.7 cm³/mol. The third-order valence-electron chi connectivity index (χ3n) is 1.89. The Balaban J connectivity index is 2.70. The third kappa shape index (κ3) is 5.17. The lowest BCUT2D eigenvalue weighted by Crippen LogP contribution is -2.25. The Morgan fingerprint density at radius 2 is 2.00 bits per heavy atom. The molecule has 1 heterocycles. The molecular formula is C12H17N3O3S. The molecule has 0 unspecified atom stereocenters. The summed E-state index contributed by atoms with van der Waals surface area (Å²) in [6, 6.07) is 2.97. The summed E-state index contributed by atoms with van der Waals surface area (Å²) in [4.78, 5) is 26.6. The molecule has 1 aromatic heterocycles. The summed E-state index contributed by atoms with van der Waals surface area (Å²) in [6.07, 6.45) is 0. The lowest BCUT2D eigenvalue weighted by molar-refractivity contribution is -0.151. The first-order valence-corrected chi connectivity index (χ1v) is 6.58. The van der Waals surface area contributed by atoms with Gasteiger partial charge in [-0.15, -0.1) is 0 Å². The Hall–Kier alpha value is -1.76. The second-order valence-electron chi connectivity index (χ2n) is 4.83. The molecule has 7 heteroatoms. The zero-order chi connectivity index (χ0) is 14.6. The number of rotatable bonds is 4. The molecule has 0 aliphatic carbocycles. The van der Waals surface area contributed by atoms with E-state index in [0.717, 1.165) is 11.8 Å². The molecule has 6 nitrogen and oxygen atoms in total. The van der Waals surface area contributed by atoms with Gasteiger partial charge in [0.05, 0.1) is 11.4 Å². The van der Waals surface area contributed by atoms with Crippen molar-refractivity contribution >= 4 is 29.3 Å². The van der Waals surface area contributed by atoms with Crippen LogP contribution >= 0.6 is 11.8 Å². The number of amides is 1. The number of esters is 1. The minimum Gasteiger partial charge on any atom is -0.459 e. The fourth-order valence-corrected chi connectivity index (χ4v) is 1.91. The maximum Gasteiger partial charge on any atom is 0.316 e. The van der Waals surface area contributed by atoms with Crippen molar-refractivity contribution in [2.45, 2.75) is 31.4 Å². The Morgan fingerprint density at radius 3 is 2.53 bits per heavy atom. The lowest BCUT2D eigenvalue weighted by atomic mass is 10.2. The van der Waals surface area contributed by atoms with E-state index in [1.807, 2.05) is 0 Å². The van der Waals surface area contributed by atoms with E-state index in [0.29, 0.717) is 10.7 Å². The van der Waals surface area contributed by atoms with Crippen molar-refractivity contribution < 1.29 is 14.3 Å². The van der Waals surface area contributed by atoms with Crippen molar-refractivity contribution in [1.82, 2.24) is 4.98 Å². The highest BCUT2D eigenvalue weighted by Crippen LogP contribution is 2.23. The molecule has 0 atom stereocenters. The van der Waals surface area contributed by atoms with Gasteiger partial charge in [0.15, 0.2) is 0 Å². The first-order chi connectivity index (χ1) is 8.69. The highest BCUT2D eigenvalue weighted by Gasteiger charge is 2.17. The fraction of sp³-hybridized carbons (Fsp3) is 0.417. The van der Waals surface area contributed by atoms with Crippen molar-refractivity contribution in [3.63, 3.8) is 0 Å². The van der Waals surface area contributed by atoms with Crippen LogP contribution in [0.2, 0.25) is 0 Å². The summed E-state index contributed by atoms with van der Waals surface area (Å²) >= 11 is 1.11. The van der Waals surface area contributed by atoms with Gasteiger partial charge >= 0.3 is 5.97 Å². The van der Waals surface area contributed by atoms with Gasteiger partial charge in [-0.3, -0.25) is 9.59 Å². The monoisotopic (exact) mass is 283 g/mol. The van der Waals surface area contributed by atoms with Crippen LogP contribution in [0.25, 0.3) is 0 Å². The number of aromatic nitrogens is 1. The average molecular weight is 283 g/mol. The minimum atomic E-state index is -0.640. The van der Waals surface area contributed by atoms with Gasteiger partial charge in [0.2, 0.25) is 0 Å². The Morgan fingerprint density at radius 1 is 1.37 bits per heavy atom. The van der Waals surface area contributed by atoms with Crippen molar-refractivity contribution in [3.8, 4) is 0 Å². The molecule has 0 saturated heterocycles. The number of nitrogens with zero attached hydrogens (tertiary/aromatic N) is 1. The molecular weight excluding hydrogens is 266 g/mol. The van der Waals surface area contributed by atoms with Gasteiger partial charge in [0.25, 0.3) is 5.91 Å². The maximum absolute atomic E-state index is 11.6. The first kappa shape index (κ1) is 15.3. The van der Waals surface area contributed by atoms with E-state index in [9.17, 15) is 9.59 Å². The van der Waals surface area contributed by atoms with Crippen LogP contribution < -0.4 is 11.5 Å². The lowest BCUT2D eigenvalue weighted by Gasteiger charge is -2.19. The zero-order valence-corrected chi connectivity index (χ0v) is 11.9. The molecule has 0 bridgehead atoms. The van der Waals surface area contributed by atoms with Crippen LogP contribution in [0.3, 0.4) is 0 Å². The molecule has 0 radical (unpaired) electrons. The Bertz CT molecular complexity index is 497. The largest absolute Gasteiger partial charge is 0.459 e. The van der Waals surface area contributed by atoms with Crippen molar-refractivity contribution in [3.05, 3.63) is 17.8 Å². The maximum atomic E-state index is 11.6. The number of hydrogen-bond acceptors (Lipinski definition) is 6. The molecule has 0 saturated carbocycles. The van der Waals surface area contributed by atoms with E-state index in [1.54, 1.807) is 20.8 Å². The van der Waals surface area contributed by atoms with Crippen LogP contribution in [-0.2, 0) is 9.53 Å². The minimum absolute atomic E-state index is 0.0662. The highest BCUT2D eigenvalue weighted by atomic mass is 32.2. The zero-order valence-electron chi connectivity index (χ0n) is 11.1. The van der Waals surface area contributed by atoms with Crippen LogP contribution in [0, 0.1) is 0 Å². The SMILES string of the molecule is CC(C)(C)OC(=O)CSc1nc(C(N)=O)ccc1N. The second kappa shape index (κ2) is 5.92. The van der Waals surface area contributed by atoms with Gasteiger partial charge in [0.1, 0.15) is 16.3 Å². The quantitative estimate of drug-likeness (QED) is 0.635. The molecule has 1 aromatic rings. The van der Waals surface area contributed by atoms with Crippen LogP contribution in [0.4, 0.5) is 5.69 Å². The van der Waals surface area contributed by atoms with Gasteiger partial charge in [-0.25, -0.2) is 4.98 Å². The first-order valence-electron chi connectivity index (χ1n) is 5.60. The molecule has 0 fully saturated rings. The number of nitrogens with two attached hydrogens (primary N) is 2. The normalized spacial score (nSPS) is 11.1. The van der Waals surface area contributed by atoms with E-state index in [4.69, 9.17) is 16.2 Å². The topological polar surface area (TPSA) is 108 Å². The molecule has 1 rings (SSSR count). The summed E-state index contributed by atoms with van der Waals surface area (Å²) in [5.41, 5.74) is 10.8. The van der Waals surface area contributed by atoms with Gasteiger partial charge in [-0.05, 0) is 32.9 Å². The third-order valence-corrected chi connectivity index (χ3v) is 2.87. The van der Waals surface area contributed by atoms with Gasteiger partial charge in [0, 0.05) is 0 Å². The average Bonchev–Trinajstić information content (AvgIpc) is 2.25. The second-order valence-corrected chi connectivity index (χ2v) is 5.79. The Kier molecular flexibility index (Phi) is 4.77. The van der Waals surface area contributed by atoms with E-state index >= 15 is 0 Å². The van der Waals surface area contributed by atoms with Crippen LogP contribution in [-0.4, -0.2) is 28.2 Å². The van der Waals surface area contributed by atoms with Crippen LogP contribution in [0.15, 0.2) is 17.2 Å². The molecule has 0 aromatic carbocycles. The van der Waals surface area contributed by atoms with E-state index in [-0.39, 0.29) is 17.4 Å². The summed E-state index contributed by atoms with van der Waals surface area (Å²) in [7, 11) is 0. The fourth-order valence-electron chi connectivity index (χ4n) is 1.20. The Labute approximate surface area is 115 Å². The van der Waals surface area contributed by atoms with Crippen molar-refractivity contribution in [2.24, 2.45) is 5.73 Å². The van der Waals surface area contributed by atoms with E-state index in [1.165, 1.54) is 12.1 Å². The summed E-state index contributed by atoms with van der Waals surface area (Å²) in [6.45, 7) is 5.36. The van der Waals surface area contributed by atoms with E-state index < -0.39 is 11.5 Å². The molecule has 0 spiro atoms. The number of carbonyl (C=O) groups is 2. The number of ether oxygens (including phenoxy) is 1. The van der Waals surface area contributed by atoms with Gasteiger partial charge < -0.3 is 16.2 Å². The summed E-state index contributed by atoms with van der Waals surface area (Å²) in [5, 5.41) is 0.391. The van der Waals surface area contributed by atoms with Gasteiger partial charge in [-0.2, -0.15) is 0 Å². The number of hydrogen-bond donors (Lipinski definition) is 2. The summed E-state index contributed by atoms with van der Waals surface area (Å²) < 4.78 is 5.16. The number of pyridine rings is 1. The van der Waals surface area contributed by atoms with Crippen LogP contribution in [0.1, 0.15) is 31.3 Å². The molecule has 0 aliphatic rings. The smallest absolute Gasteiger partial charge is 0.316 e. The number of carbonyl (C=O) groups excluding carboxylic acids is 2. The summed E-state index contributed by atoms with van der Waals surface area (Å²) in [5.74, 6) is -0.946.